The minimum absolute atomic E-state index is 0.151. The Labute approximate surface area is 135 Å². The molecule has 2 aromatic carbocycles. The van der Waals surface area contributed by atoms with Crippen LogP contribution in [0.5, 0.6) is 0 Å². The van der Waals surface area contributed by atoms with Gasteiger partial charge in [-0.3, -0.25) is 0 Å². The summed E-state index contributed by atoms with van der Waals surface area (Å²) in [6.45, 7) is 2.81. The van der Waals surface area contributed by atoms with Gasteiger partial charge in [0.2, 0.25) is 0 Å². The van der Waals surface area contributed by atoms with Crippen LogP contribution in [0.1, 0.15) is 30.5 Å². The molecule has 0 heterocycles. The van der Waals surface area contributed by atoms with Crippen LogP contribution < -0.4 is 5.32 Å². The molecule has 0 bridgehead atoms. The molecule has 0 aliphatic heterocycles. The first kappa shape index (κ1) is 16.3. The molecule has 4 heteroatoms. The first-order chi connectivity index (χ1) is 10.1. The third-order valence-corrected chi connectivity index (χ3v) is 4.24. The molecule has 1 N–H and O–H groups in total. The molecular weight excluding hydrogens is 308 g/mol. The third kappa shape index (κ3) is 4.44. The van der Waals surface area contributed by atoms with Gasteiger partial charge in [-0.05, 0) is 48.7 Å². The molecule has 0 aliphatic rings. The van der Waals surface area contributed by atoms with E-state index in [9.17, 15) is 4.39 Å². The number of benzene rings is 2. The second-order valence-electron chi connectivity index (χ2n) is 4.93. The molecule has 0 aliphatic carbocycles. The van der Waals surface area contributed by atoms with E-state index in [1.807, 2.05) is 24.3 Å². The number of rotatable bonds is 6. The summed E-state index contributed by atoms with van der Waals surface area (Å²) in [4.78, 5) is 0. The van der Waals surface area contributed by atoms with Crippen LogP contribution in [0.3, 0.4) is 0 Å². The van der Waals surface area contributed by atoms with Crippen molar-refractivity contribution in [3.63, 3.8) is 0 Å². The lowest BCUT2D eigenvalue weighted by Crippen LogP contribution is -2.23. The summed E-state index contributed by atoms with van der Waals surface area (Å²) in [6, 6.07) is 12.7. The Bertz CT molecular complexity index is 601. The summed E-state index contributed by atoms with van der Waals surface area (Å²) < 4.78 is 13.6. The highest BCUT2D eigenvalue weighted by molar-refractivity contribution is 6.42. The zero-order chi connectivity index (χ0) is 15.2. The van der Waals surface area contributed by atoms with Gasteiger partial charge in [-0.2, -0.15) is 0 Å². The first-order valence-corrected chi connectivity index (χ1v) is 7.79. The van der Waals surface area contributed by atoms with Crippen molar-refractivity contribution in [1.82, 2.24) is 5.32 Å². The fraction of sp³-hybridized carbons (Fsp3) is 0.294. The van der Waals surface area contributed by atoms with Crippen LogP contribution in [0.4, 0.5) is 4.39 Å². The monoisotopic (exact) mass is 325 g/mol. The lowest BCUT2D eigenvalue weighted by Gasteiger charge is -2.18. The van der Waals surface area contributed by atoms with Crippen LogP contribution in [-0.4, -0.2) is 6.54 Å². The molecule has 0 saturated heterocycles. The Hall–Kier alpha value is -1.09. The molecule has 0 radical (unpaired) electrons. The largest absolute Gasteiger partial charge is 0.310 e. The summed E-state index contributed by atoms with van der Waals surface area (Å²) in [5, 5.41) is 4.56. The van der Waals surface area contributed by atoms with Gasteiger partial charge >= 0.3 is 0 Å². The average molecular weight is 326 g/mol. The molecule has 2 aromatic rings. The van der Waals surface area contributed by atoms with Crippen molar-refractivity contribution in [3.8, 4) is 0 Å². The molecule has 0 amide bonds. The first-order valence-electron chi connectivity index (χ1n) is 7.03. The van der Waals surface area contributed by atoms with Crippen LogP contribution >= 0.6 is 23.2 Å². The van der Waals surface area contributed by atoms with E-state index in [1.54, 1.807) is 12.1 Å². The highest BCUT2D eigenvalue weighted by atomic mass is 35.5. The molecule has 1 atom stereocenters. The summed E-state index contributed by atoms with van der Waals surface area (Å²) in [5.74, 6) is -0.151. The van der Waals surface area contributed by atoms with E-state index in [1.165, 1.54) is 6.07 Å². The maximum Gasteiger partial charge on any atom is 0.126 e. The van der Waals surface area contributed by atoms with Gasteiger partial charge in [0.25, 0.3) is 0 Å². The maximum atomic E-state index is 13.6. The SMILES string of the molecule is CCC(NCCc1ccccc1F)c1ccc(Cl)c(Cl)c1. The van der Waals surface area contributed by atoms with Crippen molar-refractivity contribution in [3.05, 3.63) is 69.5 Å². The second kappa shape index (κ2) is 7.79. The van der Waals surface area contributed by atoms with Gasteiger partial charge < -0.3 is 5.32 Å². The van der Waals surface area contributed by atoms with Crippen molar-refractivity contribution in [2.45, 2.75) is 25.8 Å². The Morgan fingerprint density at radius 1 is 1.10 bits per heavy atom. The zero-order valence-corrected chi connectivity index (χ0v) is 13.4. The summed E-state index contributed by atoms with van der Waals surface area (Å²) in [5.41, 5.74) is 1.83. The molecule has 0 spiro atoms. The van der Waals surface area contributed by atoms with E-state index < -0.39 is 0 Å². The van der Waals surface area contributed by atoms with Crippen LogP contribution in [0, 0.1) is 5.82 Å². The van der Waals surface area contributed by atoms with E-state index in [-0.39, 0.29) is 11.9 Å². The van der Waals surface area contributed by atoms with Crippen LogP contribution in [0.25, 0.3) is 0 Å². The van der Waals surface area contributed by atoms with E-state index >= 15 is 0 Å². The normalized spacial score (nSPS) is 12.4. The van der Waals surface area contributed by atoms with Crippen molar-refractivity contribution in [1.29, 1.82) is 0 Å². The third-order valence-electron chi connectivity index (χ3n) is 3.50. The predicted octanol–water partition coefficient (Wildman–Crippen LogP) is 5.42. The second-order valence-corrected chi connectivity index (χ2v) is 5.74. The molecule has 1 unspecified atom stereocenters. The summed E-state index contributed by atoms with van der Waals surface area (Å²) >= 11 is 12.0. The van der Waals surface area contributed by atoms with E-state index in [0.29, 0.717) is 23.0 Å². The molecule has 0 saturated carbocycles. The standard InChI is InChI=1S/C17H18Cl2FN/c1-2-17(13-7-8-14(18)15(19)11-13)21-10-9-12-5-3-4-6-16(12)20/h3-8,11,17,21H,2,9-10H2,1H3. The van der Waals surface area contributed by atoms with E-state index in [0.717, 1.165) is 17.5 Å². The fourth-order valence-corrected chi connectivity index (χ4v) is 2.62. The Balaban J connectivity index is 1.96. The number of hydrogen-bond acceptors (Lipinski definition) is 1. The van der Waals surface area contributed by atoms with Gasteiger partial charge in [0.15, 0.2) is 0 Å². The van der Waals surface area contributed by atoms with Crippen molar-refractivity contribution >= 4 is 23.2 Å². The van der Waals surface area contributed by atoms with Crippen LogP contribution in [0.2, 0.25) is 10.0 Å². The number of nitrogens with one attached hydrogen (secondary N) is 1. The molecule has 112 valence electrons. The van der Waals surface area contributed by atoms with E-state index in [4.69, 9.17) is 23.2 Å². The van der Waals surface area contributed by atoms with Crippen molar-refractivity contribution in [2.75, 3.05) is 6.54 Å². The highest BCUT2D eigenvalue weighted by Crippen LogP contribution is 2.26. The van der Waals surface area contributed by atoms with Gasteiger partial charge in [-0.1, -0.05) is 54.4 Å². The molecule has 1 nitrogen and oxygen atoms in total. The van der Waals surface area contributed by atoms with Gasteiger partial charge in [-0.15, -0.1) is 0 Å². The Morgan fingerprint density at radius 2 is 1.86 bits per heavy atom. The topological polar surface area (TPSA) is 12.0 Å². The lowest BCUT2D eigenvalue weighted by atomic mass is 10.0. The molecular formula is C17H18Cl2FN. The maximum absolute atomic E-state index is 13.6. The predicted molar refractivity (Wildman–Crippen MR) is 87.6 cm³/mol. The number of hydrogen-bond donors (Lipinski definition) is 1. The summed E-state index contributed by atoms with van der Waals surface area (Å²) in [7, 11) is 0. The fourth-order valence-electron chi connectivity index (χ4n) is 2.31. The van der Waals surface area contributed by atoms with Gasteiger partial charge in [-0.25, -0.2) is 4.39 Å². The number of halogens is 3. The zero-order valence-electron chi connectivity index (χ0n) is 11.9. The Morgan fingerprint density at radius 3 is 2.52 bits per heavy atom. The highest BCUT2D eigenvalue weighted by Gasteiger charge is 2.10. The lowest BCUT2D eigenvalue weighted by molar-refractivity contribution is 0.516. The van der Waals surface area contributed by atoms with Crippen molar-refractivity contribution < 1.29 is 4.39 Å². The Kier molecular flexibility index (Phi) is 6.04. The molecule has 0 fully saturated rings. The quantitative estimate of drug-likeness (QED) is 0.748. The van der Waals surface area contributed by atoms with Gasteiger partial charge in [0.05, 0.1) is 10.0 Å². The van der Waals surface area contributed by atoms with Crippen molar-refractivity contribution in [2.24, 2.45) is 0 Å². The average Bonchev–Trinajstić information content (AvgIpc) is 2.48. The van der Waals surface area contributed by atoms with Crippen LogP contribution in [0.15, 0.2) is 42.5 Å². The van der Waals surface area contributed by atoms with Gasteiger partial charge in [0, 0.05) is 6.04 Å². The molecule has 0 aromatic heterocycles. The smallest absolute Gasteiger partial charge is 0.126 e. The van der Waals surface area contributed by atoms with Crippen LogP contribution in [-0.2, 0) is 6.42 Å². The minimum Gasteiger partial charge on any atom is -0.310 e. The molecule has 21 heavy (non-hydrogen) atoms. The van der Waals surface area contributed by atoms with Gasteiger partial charge in [0.1, 0.15) is 5.82 Å². The molecule has 2 rings (SSSR count). The summed E-state index contributed by atoms with van der Waals surface area (Å²) in [6.07, 6.45) is 1.58. The van der Waals surface area contributed by atoms with E-state index in [2.05, 4.69) is 12.2 Å². The minimum atomic E-state index is -0.151.